The molecule has 0 spiro atoms. The van der Waals surface area contributed by atoms with Crippen LogP contribution in [0.1, 0.15) is 29.8 Å². The Hall–Kier alpha value is -1.92. The van der Waals surface area contributed by atoms with E-state index >= 15 is 0 Å². The normalized spacial score (nSPS) is 27.7. The van der Waals surface area contributed by atoms with Gasteiger partial charge < -0.3 is 16.2 Å². The molecule has 4 N–H and O–H groups in total. The summed E-state index contributed by atoms with van der Waals surface area (Å²) in [6.07, 6.45) is 3.31. The van der Waals surface area contributed by atoms with Crippen molar-refractivity contribution in [3.63, 3.8) is 0 Å². The minimum Gasteiger partial charge on any atom is -0.396 e. The minimum absolute atomic E-state index is 0.130. The lowest BCUT2D eigenvalue weighted by atomic mass is 9.83. The Balaban J connectivity index is 1.51. The molecule has 2 aliphatic rings. The zero-order chi connectivity index (χ0) is 16.7. The molecule has 5 nitrogen and oxygen atoms in total. The summed E-state index contributed by atoms with van der Waals surface area (Å²) in [5.41, 5.74) is 7.00. The summed E-state index contributed by atoms with van der Waals surface area (Å²) in [6, 6.07) is 9.69. The molecule has 2 unspecified atom stereocenters. The zero-order valence-electron chi connectivity index (χ0n) is 13.4. The van der Waals surface area contributed by atoms with Crippen molar-refractivity contribution in [2.75, 3.05) is 18.9 Å². The van der Waals surface area contributed by atoms with Crippen molar-refractivity contribution in [1.29, 1.82) is 0 Å². The highest BCUT2D eigenvalue weighted by atomic mass is 32.1. The molecule has 1 amide bonds. The van der Waals surface area contributed by atoms with Crippen molar-refractivity contribution in [2.45, 2.75) is 19.3 Å². The van der Waals surface area contributed by atoms with Gasteiger partial charge in [-0.3, -0.25) is 4.79 Å². The molecule has 6 heteroatoms. The first-order valence-electron chi connectivity index (χ1n) is 8.31. The molecule has 0 radical (unpaired) electrons. The smallest absolute Gasteiger partial charge is 0.271 e. The van der Waals surface area contributed by atoms with Crippen molar-refractivity contribution in [3.05, 3.63) is 36.0 Å². The van der Waals surface area contributed by atoms with E-state index in [1.54, 1.807) is 0 Å². The average Bonchev–Trinajstić information content (AvgIpc) is 3.04. The van der Waals surface area contributed by atoms with Gasteiger partial charge in [0.1, 0.15) is 5.69 Å². The number of thiazole rings is 1. The van der Waals surface area contributed by atoms with E-state index in [1.807, 2.05) is 30.3 Å². The van der Waals surface area contributed by atoms with Crippen molar-refractivity contribution >= 4 is 22.4 Å². The van der Waals surface area contributed by atoms with Gasteiger partial charge in [-0.15, -0.1) is 0 Å². The van der Waals surface area contributed by atoms with Gasteiger partial charge in [0.15, 0.2) is 5.13 Å². The van der Waals surface area contributed by atoms with Gasteiger partial charge in [-0.05, 0) is 36.7 Å². The second-order valence-electron chi connectivity index (χ2n) is 7.10. The largest absolute Gasteiger partial charge is 0.396 e. The molecule has 1 heterocycles. The SMILES string of the molecule is Nc1nc(C(=O)NCC2(CO)CC3CC3C2)c(-c2ccccc2)s1. The van der Waals surface area contributed by atoms with Gasteiger partial charge >= 0.3 is 0 Å². The Bertz CT molecular complexity index is 749. The van der Waals surface area contributed by atoms with Gasteiger partial charge in [-0.2, -0.15) is 0 Å². The second kappa shape index (κ2) is 5.86. The third-order valence-electron chi connectivity index (χ3n) is 5.31. The summed E-state index contributed by atoms with van der Waals surface area (Å²) >= 11 is 1.32. The Morgan fingerprint density at radius 1 is 1.33 bits per heavy atom. The molecular formula is C18H21N3O2S. The highest BCUT2D eigenvalue weighted by Crippen LogP contribution is 2.59. The first-order chi connectivity index (χ1) is 11.6. The molecule has 24 heavy (non-hydrogen) atoms. The van der Waals surface area contributed by atoms with Crippen LogP contribution in [0, 0.1) is 17.3 Å². The van der Waals surface area contributed by atoms with E-state index in [4.69, 9.17) is 5.73 Å². The van der Waals surface area contributed by atoms with Crippen LogP contribution in [-0.2, 0) is 0 Å². The number of anilines is 1. The number of nitrogen functional groups attached to an aromatic ring is 1. The van der Waals surface area contributed by atoms with Crippen LogP contribution in [0.2, 0.25) is 0 Å². The molecule has 0 bridgehead atoms. The fourth-order valence-electron chi connectivity index (χ4n) is 3.96. The maximum absolute atomic E-state index is 12.7. The molecule has 0 saturated heterocycles. The maximum atomic E-state index is 12.7. The van der Waals surface area contributed by atoms with Gasteiger partial charge in [-0.25, -0.2) is 4.98 Å². The number of fused-ring (bicyclic) bond motifs is 1. The third kappa shape index (κ3) is 2.80. The van der Waals surface area contributed by atoms with Crippen LogP contribution in [0.15, 0.2) is 30.3 Å². The molecule has 1 aromatic carbocycles. The molecule has 2 aromatic rings. The van der Waals surface area contributed by atoms with E-state index in [0.29, 0.717) is 17.4 Å². The lowest BCUT2D eigenvalue weighted by Crippen LogP contribution is -2.39. The number of hydrogen-bond donors (Lipinski definition) is 3. The predicted molar refractivity (Wildman–Crippen MR) is 94.6 cm³/mol. The summed E-state index contributed by atoms with van der Waals surface area (Å²) in [7, 11) is 0. The maximum Gasteiger partial charge on any atom is 0.271 e. The summed E-state index contributed by atoms with van der Waals surface area (Å²) in [4.78, 5) is 17.7. The Kier molecular flexibility index (Phi) is 3.81. The monoisotopic (exact) mass is 343 g/mol. The van der Waals surface area contributed by atoms with E-state index in [1.165, 1.54) is 17.8 Å². The third-order valence-corrected chi connectivity index (χ3v) is 6.25. The number of nitrogens with zero attached hydrogens (tertiary/aromatic N) is 1. The Morgan fingerprint density at radius 2 is 2.04 bits per heavy atom. The van der Waals surface area contributed by atoms with Crippen LogP contribution in [0.25, 0.3) is 10.4 Å². The van der Waals surface area contributed by atoms with Crippen LogP contribution in [0.5, 0.6) is 0 Å². The summed E-state index contributed by atoms with van der Waals surface area (Å²) in [6.45, 7) is 0.631. The van der Waals surface area contributed by atoms with Crippen molar-refractivity contribution in [3.8, 4) is 10.4 Å². The lowest BCUT2D eigenvalue weighted by molar-refractivity contribution is 0.0852. The Morgan fingerprint density at radius 3 is 2.71 bits per heavy atom. The van der Waals surface area contributed by atoms with Gasteiger partial charge in [0.2, 0.25) is 0 Å². The number of aliphatic hydroxyl groups is 1. The summed E-state index contributed by atoms with van der Waals surface area (Å²) in [5, 5.41) is 13.2. The van der Waals surface area contributed by atoms with Crippen molar-refractivity contribution in [2.24, 2.45) is 17.3 Å². The highest BCUT2D eigenvalue weighted by Gasteiger charge is 2.53. The predicted octanol–water partition coefficient (Wildman–Crippen LogP) is 2.53. The van der Waals surface area contributed by atoms with Crippen LogP contribution in [0.3, 0.4) is 0 Å². The first kappa shape index (κ1) is 15.6. The topological polar surface area (TPSA) is 88.2 Å². The molecular weight excluding hydrogens is 322 g/mol. The quantitative estimate of drug-likeness (QED) is 0.778. The number of amides is 1. The number of aromatic nitrogens is 1. The average molecular weight is 343 g/mol. The molecule has 1 aromatic heterocycles. The molecule has 4 rings (SSSR count). The first-order valence-corrected chi connectivity index (χ1v) is 9.13. The van der Waals surface area contributed by atoms with Crippen LogP contribution in [-0.4, -0.2) is 29.1 Å². The van der Waals surface area contributed by atoms with Crippen molar-refractivity contribution in [1.82, 2.24) is 10.3 Å². The summed E-state index contributed by atoms with van der Waals surface area (Å²) in [5.74, 6) is 1.29. The molecule has 2 saturated carbocycles. The molecule has 126 valence electrons. The fourth-order valence-corrected chi connectivity index (χ4v) is 4.80. The number of aliphatic hydroxyl groups excluding tert-OH is 1. The van der Waals surface area contributed by atoms with E-state index in [0.717, 1.165) is 35.1 Å². The van der Waals surface area contributed by atoms with Gasteiger partial charge in [0.05, 0.1) is 11.5 Å². The minimum atomic E-state index is -0.213. The van der Waals surface area contributed by atoms with Crippen LogP contribution >= 0.6 is 11.3 Å². The highest BCUT2D eigenvalue weighted by molar-refractivity contribution is 7.19. The van der Waals surface area contributed by atoms with E-state index in [-0.39, 0.29) is 17.9 Å². The number of nitrogens with one attached hydrogen (secondary N) is 1. The van der Waals surface area contributed by atoms with E-state index < -0.39 is 0 Å². The van der Waals surface area contributed by atoms with Gasteiger partial charge in [-0.1, -0.05) is 41.7 Å². The van der Waals surface area contributed by atoms with E-state index in [2.05, 4.69) is 10.3 Å². The number of rotatable bonds is 5. The standard InChI is InChI=1S/C18H21N3O2S/c19-17-21-14(15(24-17)11-4-2-1-3-5-11)16(23)20-9-18(10-22)7-12-6-13(12)8-18/h1-5,12-13,22H,6-10H2,(H2,19,21)(H,20,23). The molecule has 2 atom stereocenters. The molecule has 2 aliphatic carbocycles. The molecule has 0 aliphatic heterocycles. The number of benzene rings is 1. The van der Waals surface area contributed by atoms with E-state index in [9.17, 15) is 9.90 Å². The zero-order valence-corrected chi connectivity index (χ0v) is 14.2. The number of carbonyl (C=O) groups is 1. The number of nitrogens with two attached hydrogens (primary N) is 1. The lowest BCUT2D eigenvalue weighted by Gasteiger charge is -2.28. The van der Waals surface area contributed by atoms with Crippen LogP contribution in [0.4, 0.5) is 5.13 Å². The van der Waals surface area contributed by atoms with Crippen LogP contribution < -0.4 is 11.1 Å². The fraction of sp³-hybridized carbons (Fsp3) is 0.444. The Labute approximate surface area is 144 Å². The second-order valence-corrected chi connectivity index (χ2v) is 8.13. The number of carbonyl (C=O) groups excluding carboxylic acids is 1. The number of hydrogen-bond acceptors (Lipinski definition) is 5. The summed E-state index contributed by atoms with van der Waals surface area (Å²) < 4.78 is 0. The van der Waals surface area contributed by atoms with Gasteiger partial charge in [0.25, 0.3) is 5.91 Å². The molecule has 2 fully saturated rings. The van der Waals surface area contributed by atoms with Gasteiger partial charge in [0, 0.05) is 12.0 Å². The van der Waals surface area contributed by atoms with Crippen molar-refractivity contribution < 1.29 is 9.90 Å².